The molecule has 1 fully saturated rings. The molecule has 32 heavy (non-hydrogen) atoms. The fraction of sp³-hybridized carbons (Fsp3) is 0.250. The highest BCUT2D eigenvalue weighted by molar-refractivity contribution is 6.03. The molecule has 5 rings (SSSR count). The monoisotopic (exact) mass is 429 g/mol. The van der Waals surface area contributed by atoms with E-state index in [9.17, 15) is 14.0 Å². The largest absolute Gasteiger partial charge is 0.338 e. The number of halogens is 1. The van der Waals surface area contributed by atoms with Gasteiger partial charge in [-0.15, -0.1) is 0 Å². The molecule has 2 aromatic carbocycles. The van der Waals surface area contributed by atoms with Crippen molar-refractivity contribution in [2.75, 3.05) is 11.9 Å². The number of benzene rings is 2. The highest BCUT2D eigenvalue weighted by atomic mass is 19.1. The summed E-state index contributed by atoms with van der Waals surface area (Å²) in [5, 5.41) is 6.83. The van der Waals surface area contributed by atoms with E-state index in [0.29, 0.717) is 12.2 Å². The third kappa shape index (κ3) is 3.42. The molecule has 0 saturated heterocycles. The molecular formula is C24H20FN5O2. The lowest BCUT2D eigenvalue weighted by molar-refractivity contribution is -0.120. The Hall–Kier alpha value is -3.99. The van der Waals surface area contributed by atoms with Crippen LogP contribution >= 0.6 is 0 Å². The smallest absolute Gasteiger partial charge is 0.275 e. The number of carbonyl (C=O) groups is 2. The molecule has 2 amide bonds. The average molecular weight is 429 g/mol. The predicted molar refractivity (Wildman–Crippen MR) is 116 cm³/mol. The molecular weight excluding hydrogens is 409 g/mol. The third-order valence-electron chi connectivity index (χ3n) is 6.17. The molecule has 3 aromatic rings. The molecule has 0 radical (unpaired) electrons. The maximum atomic E-state index is 14.5. The van der Waals surface area contributed by atoms with Crippen LogP contribution in [0.4, 0.5) is 15.8 Å². The normalized spacial score (nSPS) is 21.2. The van der Waals surface area contributed by atoms with Crippen LogP contribution in [0.25, 0.3) is 4.85 Å². The number of hydrogen-bond donors (Lipinski definition) is 1. The number of nitrogens with one attached hydrogen (secondary N) is 1. The Labute approximate surface area is 184 Å². The summed E-state index contributed by atoms with van der Waals surface area (Å²) >= 11 is 0. The lowest BCUT2D eigenvalue weighted by atomic mass is 10.0. The SMILES string of the molecule is [C-]#[N+]c1ccc2c(c1)[C@@H]1CC1[C@H](NC(=O)c1nn(Cc3ccccc3)cc1F)C(=O)N2C. The first kappa shape index (κ1) is 19.9. The van der Waals surface area contributed by atoms with Crippen molar-refractivity contribution in [2.24, 2.45) is 5.92 Å². The molecule has 1 aliphatic carbocycles. The van der Waals surface area contributed by atoms with E-state index in [1.807, 2.05) is 36.4 Å². The zero-order chi connectivity index (χ0) is 22.4. The molecule has 1 unspecified atom stereocenters. The van der Waals surface area contributed by atoms with Gasteiger partial charge in [-0.25, -0.2) is 9.24 Å². The molecule has 0 bridgehead atoms. The van der Waals surface area contributed by atoms with Crippen LogP contribution in [-0.4, -0.2) is 34.7 Å². The quantitative estimate of drug-likeness (QED) is 0.646. The number of fused-ring (bicyclic) bond motifs is 3. The van der Waals surface area contributed by atoms with Gasteiger partial charge in [0.1, 0.15) is 6.04 Å². The fourth-order valence-electron chi connectivity index (χ4n) is 4.45. The van der Waals surface area contributed by atoms with E-state index in [1.165, 1.54) is 15.8 Å². The summed E-state index contributed by atoms with van der Waals surface area (Å²) in [6, 6.07) is 13.9. The van der Waals surface area contributed by atoms with Gasteiger partial charge in [-0.05, 0) is 35.4 Å². The van der Waals surface area contributed by atoms with Gasteiger partial charge in [0.15, 0.2) is 17.2 Å². The summed E-state index contributed by atoms with van der Waals surface area (Å²) < 4.78 is 15.9. The van der Waals surface area contributed by atoms with Gasteiger partial charge in [-0.1, -0.05) is 42.5 Å². The van der Waals surface area contributed by atoms with Gasteiger partial charge in [-0.2, -0.15) is 5.10 Å². The fourth-order valence-corrected chi connectivity index (χ4v) is 4.45. The Bertz CT molecular complexity index is 1260. The van der Waals surface area contributed by atoms with Gasteiger partial charge < -0.3 is 10.2 Å². The van der Waals surface area contributed by atoms with Crippen LogP contribution in [0.3, 0.4) is 0 Å². The second kappa shape index (κ2) is 7.61. The third-order valence-corrected chi connectivity index (χ3v) is 6.17. The van der Waals surface area contributed by atoms with E-state index in [2.05, 4.69) is 15.3 Å². The van der Waals surface area contributed by atoms with Crippen molar-refractivity contribution in [3.05, 3.63) is 88.8 Å². The maximum Gasteiger partial charge on any atom is 0.275 e. The number of anilines is 1. The summed E-state index contributed by atoms with van der Waals surface area (Å²) in [5.74, 6) is -1.72. The summed E-state index contributed by atoms with van der Waals surface area (Å²) in [6.07, 6.45) is 1.91. The molecule has 160 valence electrons. The van der Waals surface area contributed by atoms with Crippen LogP contribution in [0.15, 0.2) is 54.7 Å². The number of rotatable bonds is 4. The Kier molecular flexibility index (Phi) is 4.74. The number of likely N-dealkylation sites (N-methyl/N-ethyl adjacent to an activating group) is 1. The first-order valence-corrected chi connectivity index (χ1v) is 10.3. The van der Waals surface area contributed by atoms with Crippen molar-refractivity contribution in [1.29, 1.82) is 0 Å². The van der Waals surface area contributed by atoms with Crippen LogP contribution < -0.4 is 10.2 Å². The zero-order valence-corrected chi connectivity index (χ0v) is 17.3. The highest BCUT2D eigenvalue weighted by Crippen LogP contribution is 2.55. The summed E-state index contributed by atoms with van der Waals surface area (Å²) in [6.45, 7) is 7.58. The Balaban J connectivity index is 1.36. The van der Waals surface area contributed by atoms with Gasteiger partial charge >= 0.3 is 0 Å². The van der Waals surface area contributed by atoms with E-state index in [1.54, 1.807) is 19.2 Å². The minimum Gasteiger partial charge on any atom is -0.338 e. The van der Waals surface area contributed by atoms with E-state index in [4.69, 9.17) is 6.57 Å². The van der Waals surface area contributed by atoms with E-state index in [0.717, 1.165) is 23.2 Å². The average Bonchev–Trinajstić information content (AvgIpc) is 3.52. The zero-order valence-electron chi connectivity index (χ0n) is 17.3. The van der Waals surface area contributed by atoms with E-state index < -0.39 is 17.8 Å². The van der Waals surface area contributed by atoms with Gasteiger partial charge in [-0.3, -0.25) is 14.3 Å². The molecule has 2 heterocycles. The molecule has 1 N–H and O–H groups in total. The predicted octanol–water partition coefficient (Wildman–Crippen LogP) is 3.50. The summed E-state index contributed by atoms with van der Waals surface area (Å²) in [7, 11) is 1.65. The van der Waals surface area contributed by atoms with Gasteiger partial charge in [0, 0.05) is 12.7 Å². The second-order valence-corrected chi connectivity index (χ2v) is 8.22. The number of carbonyl (C=O) groups excluding carboxylic acids is 2. The van der Waals surface area contributed by atoms with Gasteiger partial charge in [0.25, 0.3) is 5.91 Å². The summed E-state index contributed by atoms with van der Waals surface area (Å²) in [5.41, 5.74) is 2.80. The molecule has 2 aliphatic rings. The van der Waals surface area contributed by atoms with Crippen molar-refractivity contribution in [1.82, 2.24) is 15.1 Å². The van der Waals surface area contributed by atoms with E-state index >= 15 is 0 Å². The first-order chi connectivity index (χ1) is 15.5. The van der Waals surface area contributed by atoms with E-state index in [-0.39, 0.29) is 23.4 Å². The molecule has 3 atom stereocenters. The van der Waals surface area contributed by atoms with Crippen LogP contribution in [0.5, 0.6) is 0 Å². The summed E-state index contributed by atoms with van der Waals surface area (Å²) in [4.78, 5) is 31.0. The number of nitrogens with zero attached hydrogens (tertiary/aromatic N) is 4. The topological polar surface area (TPSA) is 71.6 Å². The van der Waals surface area contributed by atoms with Crippen LogP contribution in [0.1, 0.15) is 34.0 Å². The molecule has 8 heteroatoms. The lowest BCUT2D eigenvalue weighted by Crippen LogP contribution is -2.48. The second-order valence-electron chi connectivity index (χ2n) is 8.22. The first-order valence-electron chi connectivity index (χ1n) is 10.3. The molecule has 1 aliphatic heterocycles. The van der Waals surface area contributed by atoms with Crippen molar-refractivity contribution >= 4 is 23.2 Å². The molecule has 0 spiro atoms. The van der Waals surface area contributed by atoms with Crippen LogP contribution in [-0.2, 0) is 11.3 Å². The minimum atomic E-state index is -0.778. The Morgan fingerprint density at radius 1 is 1.28 bits per heavy atom. The standard InChI is InChI=1S/C24H20FN5O2/c1-26-15-8-9-20-17(10-15)16-11-18(16)21(24(32)29(20)2)27-23(31)22-19(25)13-30(28-22)12-14-6-4-3-5-7-14/h3-10,13,16,18,21H,11-12H2,2H3,(H,27,31)/t16-,18?,21-/m0/s1. The number of aromatic nitrogens is 2. The molecule has 1 aromatic heterocycles. The van der Waals surface area contributed by atoms with Gasteiger partial charge in [0.05, 0.1) is 19.3 Å². The van der Waals surface area contributed by atoms with Crippen molar-refractivity contribution in [3.63, 3.8) is 0 Å². The highest BCUT2D eigenvalue weighted by Gasteiger charge is 2.52. The van der Waals surface area contributed by atoms with Crippen molar-refractivity contribution in [2.45, 2.75) is 24.9 Å². The van der Waals surface area contributed by atoms with Crippen molar-refractivity contribution < 1.29 is 14.0 Å². The van der Waals surface area contributed by atoms with Crippen LogP contribution in [0, 0.1) is 18.3 Å². The maximum absolute atomic E-state index is 14.5. The minimum absolute atomic E-state index is 0.0754. The van der Waals surface area contributed by atoms with Crippen LogP contribution in [0.2, 0.25) is 0 Å². The number of hydrogen-bond acceptors (Lipinski definition) is 3. The molecule has 1 saturated carbocycles. The Morgan fingerprint density at radius 3 is 2.81 bits per heavy atom. The lowest BCUT2D eigenvalue weighted by Gasteiger charge is -2.23. The number of amides is 2. The Morgan fingerprint density at radius 2 is 2.06 bits per heavy atom. The van der Waals surface area contributed by atoms with Gasteiger partial charge in [0.2, 0.25) is 5.91 Å². The van der Waals surface area contributed by atoms with Crippen molar-refractivity contribution in [3.8, 4) is 0 Å². The molecule has 7 nitrogen and oxygen atoms in total.